The predicted octanol–water partition coefficient (Wildman–Crippen LogP) is 3.39. The fourth-order valence-corrected chi connectivity index (χ4v) is 1.26. The molecule has 0 fully saturated rings. The molecule has 0 bridgehead atoms. The lowest BCUT2D eigenvalue weighted by atomic mass is 10.2. The Kier molecular flexibility index (Phi) is 3.85. The first kappa shape index (κ1) is 9.84. The summed E-state index contributed by atoms with van der Waals surface area (Å²) < 4.78 is 6.78. The molecule has 0 atom stereocenters. The van der Waals surface area contributed by atoms with Crippen LogP contribution in [0.1, 0.15) is 18.9 Å². The van der Waals surface area contributed by atoms with E-state index in [-0.39, 0.29) is 0 Å². The maximum Gasteiger partial charge on any atom is 0.119 e. The van der Waals surface area contributed by atoms with Crippen molar-refractivity contribution < 1.29 is 4.74 Å². The third kappa shape index (κ3) is 2.66. The molecule has 1 aromatic carbocycles. The highest BCUT2D eigenvalue weighted by molar-refractivity contribution is 14.1. The summed E-state index contributed by atoms with van der Waals surface area (Å²) in [5.74, 6) is 0.981. The molecular weight excluding hydrogens is 263 g/mol. The van der Waals surface area contributed by atoms with Gasteiger partial charge in [-0.05, 0) is 59.7 Å². The monoisotopic (exact) mass is 276 g/mol. The molecule has 0 radical (unpaired) electrons. The van der Waals surface area contributed by atoms with Gasteiger partial charge in [-0.3, -0.25) is 0 Å². The molecule has 0 N–H and O–H groups in total. The van der Waals surface area contributed by atoms with Crippen molar-refractivity contribution in [2.45, 2.75) is 20.3 Å². The van der Waals surface area contributed by atoms with Crippen LogP contribution >= 0.6 is 22.6 Å². The van der Waals surface area contributed by atoms with Gasteiger partial charge < -0.3 is 4.74 Å². The lowest BCUT2D eigenvalue weighted by Crippen LogP contribution is -1.95. The number of ether oxygens (including phenoxy) is 1. The fourth-order valence-electron chi connectivity index (χ4n) is 0.927. The molecule has 0 saturated carbocycles. The minimum atomic E-state index is 0.806. The molecule has 0 heterocycles. The summed E-state index contributed by atoms with van der Waals surface area (Å²) in [7, 11) is 0. The van der Waals surface area contributed by atoms with Crippen molar-refractivity contribution in [1.82, 2.24) is 0 Å². The van der Waals surface area contributed by atoms with Gasteiger partial charge in [0.05, 0.1) is 6.61 Å². The molecule has 0 aliphatic rings. The van der Waals surface area contributed by atoms with Crippen molar-refractivity contribution in [3.8, 4) is 5.75 Å². The molecule has 12 heavy (non-hydrogen) atoms. The van der Waals surface area contributed by atoms with Gasteiger partial charge in [0.15, 0.2) is 0 Å². The molecule has 0 saturated heterocycles. The minimum Gasteiger partial charge on any atom is -0.494 e. The highest BCUT2D eigenvalue weighted by Gasteiger charge is 1.96. The Balaban J connectivity index is 2.69. The summed E-state index contributed by atoms with van der Waals surface area (Å²) in [5.41, 5.74) is 1.28. The number of benzene rings is 1. The first-order valence-electron chi connectivity index (χ1n) is 4.13. The van der Waals surface area contributed by atoms with E-state index >= 15 is 0 Å². The highest BCUT2D eigenvalue weighted by atomic mass is 127. The number of aryl methyl sites for hydroxylation is 1. The summed E-state index contributed by atoms with van der Waals surface area (Å²) in [5, 5.41) is 0. The minimum absolute atomic E-state index is 0.806. The van der Waals surface area contributed by atoms with Crippen LogP contribution in [0.4, 0.5) is 0 Å². The van der Waals surface area contributed by atoms with Gasteiger partial charge in [-0.1, -0.05) is 6.92 Å². The zero-order chi connectivity index (χ0) is 8.97. The lowest BCUT2D eigenvalue weighted by molar-refractivity contribution is 0.317. The molecule has 0 spiro atoms. The number of hydrogen-bond donors (Lipinski definition) is 0. The van der Waals surface area contributed by atoms with Gasteiger partial charge in [0.2, 0.25) is 0 Å². The van der Waals surface area contributed by atoms with Crippen LogP contribution in [0.25, 0.3) is 0 Å². The summed E-state index contributed by atoms with van der Waals surface area (Å²) in [6.07, 6.45) is 1.06. The first-order chi connectivity index (χ1) is 5.74. The Morgan fingerprint density at radius 1 is 1.42 bits per heavy atom. The van der Waals surface area contributed by atoms with E-state index in [4.69, 9.17) is 4.74 Å². The molecule has 1 nitrogen and oxygen atoms in total. The Hall–Kier alpha value is -0.250. The number of rotatable bonds is 3. The second-order valence-electron chi connectivity index (χ2n) is 2.76. The van der Waals surface area contributed by atoms with Crippen molar-refractivity contribution in [2.75, 3.05) is 6.61 Å². The maximum absolute atomic E-state index is 5.49. The van der Waals surface area contributed by atoms with Crippen LogP contribution in [0.15, 0.2) is 18.2 Å². The van der Waals surface area contributed by atoms with Crippen LogP contribution < -0.4 is 4.74 Å². The molecule has 2 heteroatoms. The van der Waals surface area contributed by atoms with Crippen molar-refractivity contribution in [3.05, 3.63) is 27.3 Å². The highest BCUT2D eigenvalue weighted by Crippen LogP contribution is 2.18. The van der Waals surface area contributed by atoms with Crippen LogP contribution in [0.2, 0.25) is 0 Å². The Morgan fingerprint density at radius 2 is 2.17 bits per heavy atom. The lowest BCUT2D eigenvalue weighted by Gasteiger charge is -2.05. The average Bonchev–Trinajstić information content (AvgIpc) is 2.07. The third-order valence-electron chi connectivity index (χ3n) is 1.60. The smallest absolute Gasteiger partial charge is 0.119 e. The maximum atomic E-state index is 5.49. The van der Waals surface area contributed by atoms with Crippen LogP contribution in [-0.4, -0.2) is 6.61 Å². The summed E-state index contributed by atoms with van der Waals surface area (Å²) >= 11 is 2.32. The van der Waals surface area contributed by atoms with E-state index in [0.717, 1.165) is 18.8 Å². The van der Waals surface area contributed by atoms with Gasteiger partial charge >= 0.3 is 0 Å². The van der Waals surface area contributed by atoms with Gasteiger partial charge in [-0.15, -0.1) is 0 Å². The largest absolute Gasteiger partial charge is 0.494 e. The normalized spacial score (nSPS) is 9.92. The van der Waals surface area contributed by atoms with Gasteiger partial charge in [-0.2, -0.15) is 0 Å². The zero-order valence-corrected chi connectivity index (χ0v) is 9.59. The van der Waals surface area contributed by atoms with E-state index in [0.29, 0.717) is 0 Å². The van der Waals surface area contributed by atoms with Crippen LogP contribution in [-0.2, 0) is 0 Å². The quantitative estimate of drug-likeness (QED) is 0.769. The van der Waals surface area contributed by atoms with E-state index in [1.807, 2.05) is 6.07 Å². The number of hydrogen-bond acceptors (Lipinski definition) is 1. The predicted molar refractivity (Wildman–Crippen MR) is 59.7 cm³/mol. The first-order valence-corrected chi connectivity index (χ1v) is 5.21. The zero-order valence-electron chi connectivity index (χ0n) is 7.43. The van der Waals surface area contributed by atoms with Crippen molar-refractivity contribution in [1.29, 1.82) is 0 Å². The number of halogens is 1. The average molecular weight is 276 g/mol. The molecular formula is C10H13IO. The van der Waals surface area contributed by atoms with Crippen molar-refractivity contribution in [2.24, 2.45) is 0 Å². The standard InChI is InChI=1S/C10H13IO/c1-3-6-12-9-4-5-10(11)8(2)7-9/h4-5,7H,3,6H2,1-2H3. The summed E-state index contributed by atoms with van der Waals surface area (Å²) in [6, 6.07) is 6.18. The van der Waals surface area contributed by atoms with Gasteiger partial charge in [0.25, 0.3) is 0 Å². The fraction of sp³-hybridized carbons (Fsp3) is 0.400. The molecule has 66 valence electrons. The molecule has 0 amide bonds. The Morgan fingerprint density at radius 3 is 2.75 bits per heavy atom. The molecule has 1 aromatic rings. The summed E-state index contributed by atoms with van der Waals surface area (Å²) in [6.45, 7) is 5.01. The third-order valence-corrected chi connectivity index (χ3v) is 2.81. The SMILES string of the molecule is CCCOc1ccc(I)c(C)c1. The van der Waals surface area contributed by atoms with Crippen molar-refractivity contribution >= 4 is 22.6 Å². The van der Waals surface area contributed by atoms with E-state index < -0.39 is 0 Å². The van der Waals surface area contributed by atoms with E-state index in [2.05, 4.69) is 48.6 Å². The second kappa shape index (κ2) is 4.70. The van der Waals surface area contributed by atoms with E-state index in [9.17, 15) is 0 Å². The van der Waals surface area contributed by atoms with Gasteiger partial charge in [0.1, 0.15) is 5.75 Å². The van der Waals surface area contributed by atoms with Crippen LogP contribution in [0, 0.1) is 10.5 Å². The molecule has 0 aliphatic heterocycles. The Labute approximate surface area is 87.3 Å². The van der Waals surface area contributed by atoms with Gasteiger partial charge in [0, 0.05) is 3.57 Å². The molecule has 0 aliphatic carbocycles. The van der Waals surface area contributed by atoms with E-state index in [1.165, 1.54) is 9.13 Å². The topological polar surface area (TPSA) is 9.23 Å². The van der Waals surface area contributed by atoms with Crippen LogP contribution in [0.5, 0.6) is 5.75 Å². The van der Waals surface area contributed by atoms with Crippen LogP contribution in [0.3, 0.4) is 0 Å². The second-order valence-corrected chi connectivity index (χ2v) is 3.92. The molecule has 0 unspecified atom stereocenters. The van der Waals surface area contributed by atoms with E-state index in [1.54, 1.807) is 0 Å². The Bertz CT molecular complexity index is 258. The van der Waals surface area contributed by atoms with Crippen molar-refractivity contribution in [3.63, 3.8) is 0 Å². The summed E-state index contributed by atoms with van der Waals surface area (Å²) in [4.78, 5) is 0. The molecule has 1 rings (SSSR count). The molecule has 0 aromatic heterocycles. The van der Waals surface area contributed by atoms with Gasteiger partial charge in [-0.25, -0.2) is 0 Å².